The minimum absolute atomic E-state index is 0.324. The van der Waals surface area contributed by atoms with E-state index in [1.165, 1.54) is 12.7 Å². The second-order valence-corrected chi connectivity index (χ2v) is 8.46. The lowest BCUT2D eigenvalue weighted by atomic mass is 9.95. The lowest BCUT2D eigenvalue weighted by molar-refractivity contribution is -0.136. The SMILES string of the molecule is COC(=O)C1=C(CN2CCN(c3cc(Cl)ccc3C)CC2)NC(=O)NC1c1ccccc1. The molecule has 8 heteroatoms. The maximum Gasteiger partial charge on any atom is 0.338 e. The van der Waals surface area contributed by atoms with Gasteiger partial charge >= 0.3 is 12.0 Å². The number of carbonyl (C=O) groups excluding carboxylic acids is 2. The van der Waals surface area contributed by atoms with Gasteiger partial charge in [0.1, 0.15) is 0 Å². The Balaban J connectivity index is 1.54. The van der Waals surface area contributed by atoms with Gasteiger partial charge in [0.05, 0.1) is 18.7 Å². The first kappa shape index (κ1) is 22.2. The van der Waals surface area contributed by atoms with E-state index in [4.69, 9.17) is 16.3 Å². The number of hydrogen-bond donors (Lipinski definition) is 2. The smallest absolute Gasteiger partial charge is 0.338 e. The number of nitrogens with zero attached hydrogens (tertiary/aromatic N) is 2. The number of piperazine rings is 1. The number of ether oxygens (including phenoxy) is 1. The van der Waals surface area contributed by atoms with E-state index >= 15 is 0 Å². The first-order valence-corrected chi connectivity index (χ1v) is 11.0. The first-order chi connectivity index (χ1) is 15.5. The fraction of sp³-hybridized carbons (Fsp3) is 0.333. The summed E-state index contributed by atoms with van der Waals surface area (Å²) in [6.45, 7) is 5.79. The molecule has 1 atom stereocenters. The van der Waals surface area contributed by atoms with Gasteiger partial charge in [0.2, 0.25) is 0 Å². The van der Waals surface area contributed by atoms with Crippen LogP contribution in [0.3, 0.4) is 0 Å². The highest BCUT2D eigenvalue weighted by Crippen LogP contribution is 2.29. The summed E-state index contributed by atoms with van der Waals surface area (Å²) in [4.78, 5) is 29.7. The molecule has 4 rings (SSSR count). The number of amides is 2. The van der Waals surface area contributed by atoms with Gasteiger partial charge in [-0.05, 0) is 30.2 Å². The normalized spacial score (nSPS) is 19.4. The van der Waals surface area contributed by atoms with Gasteiger partial charge in [0, 0.05) is 49.1 Å². The van der Waals surface area contributed by atoms with Crippen molar-refractivity contribution in [2.24, 2.45) is 0 Å². The maximum absolute atomic E-state index is 12.7. The molecule has 2 heterocycles. The second-order valence-electron chi connectivity index (χ2n) is 8.02. The molecule has 0 aliphatic carbocycles. The van der Waals surface area contributed by atoms with Crippen LogP contribution >= 0.6 is 11.6 Å². The summed E-state index contributed by atoms with van der Waals surface area (Å²) < 4.78 is 5.07. The molecule has 7 nitrogen and oxygen atoms in total. The highest BCUT2D eigenvalue weighted by molar-refractivity contribution is 6.30. The topological polar surface area (TPSA) is 73.9 Å². The molecule has 0 spiro atoms. The molecule has 2 aliphatic rings. The van der Waals surface area contributed by atoms with Gasteiger partial charge in [0.15, 0.2) is 0 Å². The van der Waals surface area contributed by atoms with Gasteiger partial charge in [0.25, 0.3) is 0 Å². The van der Waals surface area contributed by atoms with E-state index in [9.17, 15) is 9.59 Å². The molecule has 2 aliphatic heterocycles. The Morgan fingerprint density at radius 3 is 2.53 bits per heavy atom. The third-order valence-corrected chi connectivity index (χ3v) is 6.19. The van der Waals surface area contributed by atoms with Crippen molar-refractivity contribution in [3.63, 3.8) is 0 Å². The Morgan fingerprint density at radius 1 is 1.12 bits per heavy atom. The Bertz CT molecular complexity index is 1030. The van der Waals surface area contributed by atoms with E-state index < -0.39 is 12.0 Å². The van der Waals surface area contributed by atoms with E-state index in [-0.39, 0.29) is 6.03 Å². The number of benzene rings is 2. The summed E-state index contributed by atoms with van der Waals surface area (Å²) in [6.07, 6.45) is 0. The average Bonchev–Trinajstić information content (AvgIpc) is 2.81. The lowest BCUT2D eigenvalue weighted by Gasteiger charge is -2.38. The number of anilines is 1. The molecule has 32 heavy (non-hydrogen) atoms. The van der Waals surface area contributed by atoms with Crippen molar-refractivity contribution in [3.8, 4) is 0 Å². The quantitative estimate of drug-likeness (QED) is 0.678. The summed E-state index contributed by atoms with van der Waals surface area (Å²) in [7, 11) is 1.36. The number of nitrogens with one attached hydrogen (secondary N) is 2. The van der Waals surface area contributed by atoms with Gasteiger partial charge in [-0.3, -0.25) is 4.90 Å². The number of urea groups is 1. The molecule has 168 valence electrons. The van der Waals surface area contributed by atoms with Crippen LogP contribution in [-0.2, 0) is 9.53 Å². The van der Waals surface area contributed by atoms with E-state index in [0.717, 1.165) is 42.5 Å². The number of aryl methyl sites for hydroxylation is 1. The highest BCUT2D eigenvalue weighted by Gasteiger charge is 2.34. The number of halogens is 1. The van der Waals surface area contributed by atoms with Crippen molar-refractivity contribution >= 4 is 29.3 Å². The molecule has 1 fully saturated rings. The van der Waals surface area contributed by atoms with Crippen LogP contribution in [0, 0.1) is 6.92 Å². The minimum atomic E-state index is -0.553. The van der Waals surface area contributed by atoms with E-state index in [1.807, 2.05) is 48.5 Å². The molecule has 0 saturated carbocycles. The van der Waals surface area contributed by atoms with Crippen LogP contribution < -0.4 is 15.5 Å². The monoisotopic (exact) mass is 454 g/mol. The lowest BCUT2D eigenvalue weighted by Crippen LogP contribution is -2.51. The molecular formula is C24H27ClN4O3. The Morgan fingerprint density at radius 2 is 1.84 bits per heavy atom. The maximum atomic E-state index is 12.7. The van der Waals surface area contributed by atoms with Crippen molar-refractivity contribution in [2.45, 2.75) is 13.0 Å². The summed E-state index contributed by atoms with van der Waals surface area (Å²) in [6, 6.07) is 14.5. The molecule has 1 unspecified atom stereocenters. The van der Waals surface area contributed by atoms with Crippen molar-refractivity contribution in [2.75, 3.05) is 44.7 Å². The molecule has 0 aromatic heterocycles. The van der Waals surface area contributed by atoms with Gasteiger partial charge in [-0.15, -0.1) is 0 Å². The number of rotatable bonds is 5. The molecule has 2 N–H and O–H groups in total. The number of carbonyl (C=O) groups is 2. The van der Waals surface area contributed by atoms with Crippen LogP contribution in [0.2, 0.25) is 5.02 Å². The number of methoxy groups -OCH3 is 1. The van der Waals surface area contributed by atoms with Crippen LogP contribution in [0.25, 0.3) is 0 Å². The van der Waals surface area contributed by atoms with Crippen molar-refractivity contribution in [1.29, 1.82) is 0 Å². The molecule has 2 aromatic rings. The van der Waals surface area contributed by atoms with E-state index in [1.54, 1.807) is 0 Å². The van der Waals surface area contributed by atoms with Crippen molar-refractivity contribution in [3.05, 3.63) is 76.0 Å². The zero-order chi connectivity index (χ0) is 22.7. The zero-order valence-electron chi connectivity index (χ0n) is 18.2. The van der Waals surface area contributed by atoms with Crippen molar-refractivity contribution < 1.29 is 14.3 Å². The number of esters is 1. The molecule has 1 saturated heterocycles. The van der Waals surface area contributed by atoms with Crippen LogP contribution in [-0.4, -0.2) is 56.7 Å². The predicted octanol–water partition coefficient (Wildman–Crippen LogP) is 3.25. The van der Waals surface area contributed by atoms with Gasteiger partial charge in [-0.1, -0.05) is 48.0 Å². The van der Waals surface area contributed by atoms with Crippen LogP contribution in [0.15, 0.2) is 59.8 Å². The fourth-order valence-corrected chi connectivity index (χ4v) is 4.45. The molecule has 0 bridgehead atoms. The van der Waals surface area contributed by atoms with Gasteiger partial charge in [-0.2, -0.15) is 0 Å². The third kappa shape index (κ3) is 4.74. The van der Waals surface area contributed by atoms with Gasteiger partial charge in [-0.25, -0.2) is 9.59 Å². The first-order valence-electron chi connectivity index (χ1n) is 10.6. The Hall–Kier alpha value is -3.03. The third-order valence-electron chi connectivity index (χ3n) is 5.96. The summed E-state index contributed by atoms with van der Waals surface area (Å²) >= 11 is 6.20. The summed E-state index contributed by atoms with van der Waals surface area (Å²) in [5.41, 5.74) is 4.19. The average molecular weight is 455 g/mol. The van der Waals surface area contributed by atoms with E-state index in [0.29, 0.717) is 17.8 Å². The fourth-order valence-electron chi connectivity index (χ4n) is 4.28. The summed E-state index contributed by atoms with van der Waals surface area (Å²) in [5.74, 6) is -0.449. The predicted molar refractivity (Wildman–Crippen MR) is 125 cm³/mol. The molecular weight excluding hydrogens is 428 g/mol. The standard InChI is InChI=1S/C24H27ClN4O3/c1-16-8-9-18(25)14-20(16)29-12-10-28(11-13-29)15-19-21(23(30)32-2)22(27-24(31)26-19)17-6-4-3-5-7-17/h3-9,14,22H,10-13,15H2,1-2H3,(H2,26,27,31). The number of hydrogen-bond acceptors (Lipinski definition) is 5. The second kappa shape index (κ2) is 9.63. The molecule has 2 amide bonds. The molecule has 0 radical (unpaired) electrons. The van der Waals surface area contributed by atoms with Crippen molar-refractivity contribution in [1.82, 2.24) is 15.5 Å². The highest BCUT2D eigenvalue weighted by atomic mass is 35.5. The minimum Gasteiger partial charge on any atom is -0.466 e. The molecule has 2 aromatic carbocycles. The Kier molecular flexibility index (Phi) is 6.67. The zero-order valence-corrected chi connectivity index (χ0v) is 19.0. The summed E-state index contributed by atoms with van der Waals surface area (Å²) in [5, 5.41) is 6.43. The van der Waals surface area contributed by atoms with E-state index in [2.05, 4.69) is 27.4 Å². The van der Waals surface area contributed by atoms with Crippen LogP contribution in [0.1, 0.15) is 17.2 Å². The van der Waals surface area contributed by atoms with Gasteiger partial charge < -0.3 is 20.3 Å². The van der Waals surface area contributed by atoms with Crippen LogP contribution in [0.5, 0.6) is 0 Å². The van der Waals surface area contributed by atoms with Crippen LogP contribution in [0.4, 0.5) is 10.5 Å². The largest absolute Gasteiger partial charge is 0.466 e. The Labute approximate surface area is 193 Å².